The normalized spacial score (nSPS) is 19.4. The predicted molar refractivity (Wildman–Crippen MR) is 244 cm³/mol. The maximum Gasteiger partial charge on any atom is 0.293 e. The molecule has 1 aliphatic carbocycles. The number of hydrogen-bond acceptors (Lipinski definition) is 14. The lowest BCUT2D eigenvalue weighted by atomic mass is 9.72. The van der Waals surface area contributed by atoms with Crippen molar-refractivity contribution in [2.75, 3.05) is 87.4 Å². The van der Waals surface area contributed by atoms with Crippen LogP contribution in [0, 0.1) is 15.5 Å². The summed E-state index contributed by atoms with van der Waals surface area (Å²) in [5.74, 6) is -0.498. The Balaban J connectivity index is 0.988. The molecule has 17 nitrogen and oxygen atoms in total. The molecule has 0 spiro atoms. The van der Waals surface area contributed by atoms with Crippen LogP contribution in [0.1, 0.15) is 55.5 Å². The molecule has 0 radical (unpaired) electrons. The van der Waals surface area contributed by atoms with Crippen LogP contribution in [0.15, 0.2) is 89.7 Å². The first-order valence-corrected chi connectivity index (χ1v) is 23.3. The van der Waals surface area contributed by atoms with Gasteiger partial charge in [-0.2, -0.15) is 4.98 Å². The minimum Gasteiger partial charge on any atom is -0.476 e. The Morgan fingerprint density at radius 1 is 0.984 bits per heavy atom. The molecule has 9 rings (SSSR count). The van der Waals surface area contributed by atoms with E-state index in [-0.39, 0.29) is 29.3 Å². The van der Waals surface area contributed by atoms with Gasteiger partial charge in [-0.15, -0.1) is 0 Å². The molecular weight excluding hydrogens is 839 g/mol. The summed E-state index contributed by atoms with van der Waals surface area (Å²) < 4.78 is 47.2. The first kappa shape index (κ1) is 43.2. The number of pyridine rings is 2. The highest BCUT2D eigenvalue weighted by Crippen LogP contribution is 2.44. The van der Waals surface area contributed by atoms with Gasteiger partial charge in [0.15, 0.2) is 0 Å². The van der Waals surface area contributed by atoms with Crippen LogP contribution >= 0.6 is 0 Å². The Morgan fingerprint density at radius 3 is 2.59 bits per heavy atom. The number of anilines is 4. The van der Waals surface area contributed by atoms with E-state index in [2.05, 4.69) is 55.8 Å². The maximum atomic E-state index is 14.3. The number of nitrogens with one attached hydrogen (secondary N) is 3. The summed E-state index contributed by atoms with van der Waals surface area (Å²) in [6, 6.07) is 17.0. The van der Waals surface area contributed by atoms with E-state index in [9.17, 15) is 23.3 Å². The number of aromatic amines is 1. The second-order valence-corrected chi connectivity index (χ2v) is 19.2. The number of aromatic nitrogens is 3. The van der Waals surface area contributed by atoms with Crippen LogP contribution in [-0.4, -0.2) is 117 Å². The number of hydrogen-bond donors (Lipinski definition) is 3. The molecule has 0 saturated carbocycles. The highest BCUT2D eigenvalue weighted by molar-refractivity contribution is 7.90. The van der Waals surface area contributed by atoms with Gasteiger partial charge in [-0.25, -0.2) is 13.1 Å². The number of piperazine rings is 1. The molecule has 18 heteroatoms. The van der Waals surface area contributed by atoms with Crippen molar-refractivity contribution in [3.8, 4) is 5.88 Å². The topological polar surface area (TPSA) is 197 Å². The van der Waals surface area contributed by atoms with Gasteiger partial charge in [-0.3, -0.25) is 24.8 Å². The number of sulfonamides is 1. The van der Waals surface area contributed by atoms with E-state index < -0.39 is 31.4 Å². The summed E-state index contributed by atoms with van der Waals surface area (Å²) in [6.07, 6.45) is 9.05. The van der Waals surface area contributed by atoms with E-state index in [0.717, 1.165) is 69.1 Å². The molecule has 2 fully saturated rings. The van der Waals surface area contributed by atoms with Crippen LogP contribution in [0.25, 0.3) is 16.6 Å². The molecule has 3 aliphatic heterocycles. The molecule has 1 atom stereocenters. The number of ether oxygens (including phenoxy) is 3. The number of carbonyl (C=O) groups excluding carboxylic acids is 1. The number of carbonyl (C=O) groups is 1. The highest BCUT2D eigenvalue weighted by atomic mass is 32.2. The van der Waals surface area contributed by atoms with Crippen LogP contribution in [0.5, 0.6) is 5.88 Å². The molecular formula is C46H53N9O8S. The lowest BCUT2D eigenvalue weighted by Crippen LogP contribution is -2.47. The Kier molecular flexibility index (Phi) is 12.3. The number of benzene rings is 2. The lowest BCUT2D eigenvalue weighted by Gasteiger charge is -2.39. The van der Waals surface area contributed by atoms with Gasteiger partial charge in [0.1, 0.15) is 17.0 Å². The standard InChI is InChI=1S/C46H53N9O8S/c1-46(2)12-8-33(38(27-46)31-9-13-47-14-10-31)29-52-17-19-53(20-18-52)34-4-6-37(40(25-34)54-16-3-21-63-45-42(54)24-32-11-15-48-43(32)50-45)44(56)51-64(59,60)36-5-7-39(41(26-36)55(57)58)49-28-35-30-61-22-23-62-35/h4-7,9-11,13-15,24-26,35,49H,3,8,12,16-23,27-30H2,1-2H3,(H,48,50)(H,51,56). The molecule has 3 aromatic heterocycles. The zero-order valence-corrected chi connectivity index (χ0v) is 36.9. The molecule has 6 heterocycles. The molecule has 2 saturated heterocycles. The molecule has 3 N–H and O–H groups in total. The summed E-state index contributed by atoms with van der Waals surface area (Å²) in [5.41, 5.74) is 6.81. The number of fused-ring (bicyclic) bond motifs is 2. The van der Waals surface area contributed by atoms with Crippen molar-refractivity contribution >= 4 is 61.0 Å². The molecule has 1 amide bonds. The summed E-state index contributed by atoms with van der Waals surface area (Å²) in [5, 5.41) is 16.0. The molecule has 4 aliphatic rings. The molecule has 64 heavy (non-hydrogen) atoms. The number of nitro benzene ring substituents is 1. The fourth-order valence-corrected chi connectivity index (χ4v) is 10.0. The summed E-state index contributed by atoms with van der Waals surface area (Å²) in [6.45, 7) is 11.0. The summed E-state index contributed by atoms with van der Waals surface area (Å²) in [7, 11) is -4.59. The van der Waals surface area contributed by atoms with Crippen molar-refractivity contribution in [3.05, 3.63) is 106 Å². The largest absolute Gasteiger partial charge is 0.476 e. The molecule has 5 aromatic rings. The third-order valence-electron chi connectivity index (χ3n) is 12.5. The van der Waals surface area contributed by atoms with Gasteiger partial charge < -0.3 is 34.3 Å². The average molecular weight is 892 g/mol. The zero-order valence-electron chi connectivity index (χ0n) is 36.0. The van der Waals surface area contributed by atoms with Crippen LogP contribution in [0.2, 0.25) is 0 Å². The third-order valence-corrected chi connectivity index (χ3v) is 13.9. The van der Waals surface area contributed by atoms with Gasteiger partial charge in [0.25, 0.3) is 21.6 Å². The Bertz CT molecular complexity index is 2680. The van der Waals surface area contributed by atoms with Crippen molar-refractivity contribution in [3.63, 3.8) is 0 Å². The van der Waals surface area contributed by atoms with Crippen LogP contribution < -0.4 is 24.6 Å². The Labute approximate surface area is 372 Å². The molecule has 336 valence electrons. The number of nitro groups is 1. The van der Waals surface area contributed by atoms with E-state index in [0.29, 0.717) is 62.3 Å². The van der Waals surface area contributed by atoms with Crippen molar-refractivity contribution in [1.82, 2.24) is 24.6 Å². The van der Waals surface area contributed by atoms with Gasteiger partial charge in [0.2, 0.25) is 5.88 Å². The van der Waals surface area contributed by atoms with Crippen LogP contribution in [-0.2, 0) is 19.5 Å². The van der Waals surface area contributed by atoms with Gasteiger partial charge >= 0.3 is 0 Å². The minimum absolute atomic E-state index is 0.103. The van der Waals surface area contributed by atoms with Crippen molar-refractivity contribution in [2.45, 2.75) is 50.5 Å². The van der Waals surface area contributed by atoms with E-state index in [1.54, 1.807) is 12.3 Å². The SMILES string of the molecule is CC1(C)CCC(CN2CCN(c3ccc(C(=O)NS(=O)(=O)c4ccc(NCC5COCCO5)c([N+](=O)[O-])c4)c(N4CCCOc5nc6[nH]ccc6cc54)c3)CC2)=C(c2ccncc2)C1. The second-order valence-electron chi connectivity index (χ2n) is 17.5. The number of nitrogens with zero attached hydrogens (tertiary/aromatic N) is 6. The first-order valence-electron chi connectivity index (χ1n) is 21.8. The minimum atomic E-state index is -4.59. The molecule has 1 unspecified atom stereocenters. The summed E-state index contributed by atoms with van der Waals surface area (Å²) in [4.78, 5) is 44.3. The fourth-order valence-electron chi connectivity index (χ4n) is 9.04. The molecule has 2 aromatic carbocycles. The van der Waals surface area contributed by atoms with Crippen molar-refractivity contribution < 1.29 is 32.3 Å². The van der Waals surface area contributed by atoms with Crippen molar-refractivity contribution in [2.24, 2.45) is 5.41 Å². The number of H-pyrrole nitrogens is 1. The van der Waals surface area contributed by atoms with Gasteiger partial charge in [0.05, 0.1) is 53.6 Å². The smallest absolute Gasteiger partial charge is 0.293 e. The zero-order chi connectivity index (χ0) is 44.4. The monoisotopic (exact) mass is 891 g/mol. The van der Waals surface area contributed by atoms with E-state index in [1.165, 1.54) is 28.8 Å². The van der Waals surface area contributed by atoms with Crippen LogP contribution in [0.3, 0.4) is 0 Å². The number of allylic oxidation sites excluding steroid dienone is 1. The number of amides is 1. The van der Waals surface area contributed by atoms with Gasteiger partial charge in [-0.05, 0) is 96.8 Å². The Hall–Kier alpha value is -6.08. The second kappa shape index (κ2) is 18.2. The van der Waals surface area contributed by atoms with Gasteiger partial charge in [-0.1, -0.05) is 19.4 Å². The van der Waals surface area contributed by atoms with Crippen molar-refractivity contribution in [1.29, 1.82) is 0 Å². The first-order chi connectivity index (χ1) is 30.9. The lowest BCUT2D eigenvalue weighted by molar-refractivity contribution is -0.384. The third kappa shape index (κ3) is 9.40. The van der Waals surface area contributed by atoms with Crippen LogP contribution in [0.4, 0.5) is 28.4 Å². The fraction of sp³-hybridized carbons (Fsp3) is 0.413. The number of rotatable bonds is 12. The average Bonchev–Trinajstić information content (AvgIpc) is 3.66. The summed E-state index contributed by atoms with van der Waals surface area (Å²) >= 11 is 0. The van der Waals surface area contributed by atoms with E-state index >= 15 is 0 Å². The van der Waals surface area contributed by atoms with Gasteiger partial charge in [0, 0.05) is 81.5 Å². The van der Waals surface area contributed by atoms with E-state index in [1.807, 2.05) is 41.6 Å². The quantitative estimate of drug-likeness (QED) is 0.0904. The van der Waals surface area contributed by atoms with E-state index in [4.69, 9.17) is 19.2 Å². The maximum absolute atomic E-state index is 14.3. The predicted octanol–water partition coefficient (Wildman–Crippen LogP) is 6.52. The molecule has 0 bridgehead atoms. The highest BCUT2D eigenvalue weighted by Gasteiger charge is 2.32. The Morgan fingerprint density at radius 2 is 1.81 bits per heavy atom.